The van der Waals surface area contributed by atoms with Crippen LogP contribution in [0.5, 0.6) is 0 Å². The fourth-order valence-corrected chi connectivity index (χ4v) is 8.85. The summed E-state index contributed by atoms with van der Waals surface area (Å²) in [6, 6.07) is 26.5. The van der Waals surface area contributed by atoms with Crippen molar-refractivity contribution in [3.05, 3.63) is 107 Å². The van der Waals surface area contributed by atoms with Crippen LogP contribution in [0.3, 0.4) is 0 Å². The summed E-state index contributed by atoms with van der Waals surface area (Å²) in [6.07, 6.45) is 6.00. The number of rotatable bonds is 3. The Morgan fingerprint density at radius 1 is 0.804 bits per heavy atom. The number of thiophene rings is 1. The largest absolute Gasteiger partial charge is 0.683 e. The Hall–Kier alpha value is -3.37. The van der Waals surface area contributed by atoms with Gasteiger partial charge in [-0.15, -0.1) is 46.0 Å². The average Bonchev–Trinajstić information content (AvgIpc) is 3.39. The fourth-order valence-electron chi connectivity index (χ4n) is 7.60. The van der Waals surface area contributed by atoms with Gasteiger partial charge in [0.25, 0.3) is 0 Å². The molecule has 0 saturated heterocycles. The summed E-state index contributed by atoms with van der Waals surface area (Å²) in [6.45, 7) is 25.9. The average molecular weight is 873 g/mol. The Balaban J connectivity index is 0.000000367. The van der Waals surface area contributed by atoms with Crippen LogP contribution in [-0.2, 0) is 41.1 Å². The van der Waals surface area contributed by atoms with Crippen LogP contribution in [0.4, 0.5) is 0 Å². The van der Waals surface area contributed by atoms with E-state index in [0.717, 1.165) is 22.3 Å². The molecule has 0 fully saturated rings. The maximum Gasteiger partial charge on any atom is 0.151 e. The molecule has 51 heavy (non-hydrogen) atoms. The Morgan fingerprint density at radius 3 is 2.04 bits per heavy atom. The fraction of sp³-hybridized carbons (Fsp3) is 0.391. The second-order valence-corrected chi connectivity index (χ2v) is 18.6. The van der Waals surface area contributed by atoms with Gasteiger partial charge in [-0.25, -0.2) is 0 Å². The van der Waals surface area contributed by atoms with Gasteiger partial charge >= 0.3 is 0 Å². The molecule has 1 aliphatic carbocycles. The van der Waals surface area contributed by atoms with Gasteiger partial charge in [-0.05, 0) is 82.2 Å². The summed E-state index contributed by atoms with van der Waals surface area (Å²) in [5, 5.41) is 12.0. The maximum absolute atomic E-state index is 10.6. The minimum absolute atomic E-state index is 0. The molecule has 2 aromatic heterocycles. The van der Waals surface area contributed by atoms with Gasteiger partial charge in [0, 0.05) is 52.2 Å². The molecule has 269 valence electrons. The van der Waals surface area contributed by atoms with Crippen molar-refractivity contribution in [2.45, 2.75) is 118 Å². The zero-order valence-electron chi connectivity index (χ0n) is 32.4. The molecular weight excluding hydrogens is 821 g/mol. The molecular formula is C46H52IrN2OS-2. The number of hydrogen-bond donors (Lipinski definition) is 0. The molecule has 0 aliphatic heterocycles. The zero-order chi connectivity index (χ0) is 36.4. The molecule has 1 aliphatic rings. The number of aromatic nitrogens is 1. The molecule has 0 saturated carbocycles. The Bertz CT molecular complexity index is 2310. The number of ketones is 1. The number of fused-ring (bicyclic) bond motifs is 7. The first-order chi connectivity index (χ1) is 23.2. The number of carbonyl (C=O) groups is 1. The summed E-state index contributed by atoms with van der Waals surface area (Å²) < 4.78 is 2.76. The van der Waals surface area contributed by atoms with Crippen molar-refractivity contribution < 1.29 is 24.9 Å². The Kier molecular flexibility index (Phi) is 10.6. The van der Waals surface area contributed by atoms with Crippen LogP contribution >= 0.6 is 11.3 Å². The first-order valence-corrected chi connectivity index (χ1v) is 18.7. The van der Waals surface area contributed by atoms with E-state index in [0.29, 0.717) is 0 Å². The Morgan fingerprint density at radius 2 is 1.41 bits per heavy atom. The van der Waals surface area contributed by atoms with Gasteiger partial charge in [0.2, 0.25) is 0 Å². The van der Waals surface area contributed by atoms with E-state index in [1.54, 1.807) is 6.08 Å². The molecule has 0 N–H and O–H groups in total. The normalized spacial score (nSPS) is 15.6. The van der Waals surface area contributed by atoms with Gasteiger partial charge in [0.1, 0.15) is 0 Å². The van der Waals surface area contributed by atoms with E-state index in [1.165, 1.54) is 72.8 Å². The summed E-state index contributed by atoms with van der Waals surface area (Å²) in [5.41, 5.74) is 7.64. The van der Waals surface area contributed by atoms with Crippen molar-refractivity contribution in [2.24, 2.45) is 0 Å². The van der Waals surface area contributed by atoms with Crippen LogP contribution < -0.4 is 0 Å². The third-order valence-corrected chi connectivity index (χ3v) is 11.3. The maximum atomic E-state index is 10.6. The quantitative estimate of drug-likeness (QED) is 0.131. The second kappa shape index (κ2) is 13.9. The second-order valence-electron chi connectivity index (χ2n) is 17.5. The van der Waals surface area contributed by atoms with Crippen LogP contribution in [0.15, 0.2) is 78.6 Å². The van der Waals surface area contributed by atoms with Gasteiger partial charge < -0.3 is 5.32 Å². The molecule has 5 heteroatoms. The SMILES string of the molecule is CC(=O)/C=C(/C)[N-]C(C)(C)C.CC(C)(C)c1cc(-c2nccc3c2ccc2c4cc5c(cc4sc32)C(C)(C)CCC5(C)C)[c-]c2ccccc12.[Ir]. The van der Waals surface area contributed by atoms with Gasteiger partial charge in [0.15, 0.2) is 5.78 Å². The molecule has 0 unspecified atom stereocenters. The third-order valence-electron chi connectivity index (χ3n) is 10.1. The molecule has 4 aromatic carbocycles. The van der Waals surface area contributed by atoms with E-state index in [2.05, 4.69) is 121 Å². The van der Waals surface area contributed by atoms with E-state index in [4.69, 9.17) is 4.98 Å². The van der Waals surface area contributed by atoms with Crippen molar-refractivity contribution in [3.63, 3.8) is 0 Å². The number of carbonyl (C=O) groups excluding carboxylic acids is 1. The minimum Gasteiger partial charge on any atom is -0.683 e. The van der Waals surface area contributed by atoms with Crippen molar-refractivity contribution in [1.82, 2.24) is 4.98 Å². The summed E-state index contributed by atoms with van der Waals surface area (Å²) in [5.74, 6) is 0.0514. The van der Waals surface area contributed by atoms with E-state index in [1.807, 2.05) is 45.2 Å². The number of pyridine rings is 1. The van der Waals surface area contributed by atoms with Crippen LogP contribution in [0.1, 0.15) is 113 Å². The third kappa shape index (κ3) is 7.87. The first-order valence-electron chi connectivity index (χ1n) is 17.9. The molecule has 3 nitrogen and oxygen atoms in total. The molecule has 2 heterocycles. The van der Waals surface area contributed by atoms with Crippen molar-refractivity contribution in [1.29, 1.82) is 0 Å². The standard InChI is InChI=1S/C37H36NS.C9H17NO.Ir/c1-35(2,3)29-19-23(18-22-10-8-9-11-24(22)29)33-25-12-13-26-28-20-30-31(37(6,7)16-15-36(30,4)5)21-32(28)39-34(26)27(25)14-17-38-33;1-7(6-8(2)11)10-9(3,4)5;/h8-14,17,19-21H,15-16H2,1-7H3;6H,1-5H3,(H,10,11);/q-1;;/p-1. The smallest absolute Gasteiger partial charge is 0.151 e. The van der Waals surface area contributed by atoms with Gasteiger partial charge in [-0.3, -0.25) is 9.78 Å². The molecule has 0 spiro atoms. The van der Waals surface area contributed by atoms with Crippen LogP contribution in [0.25, 0.3) is 58.3 Å². The summed E-state index contributed by atoms with van der Waals surface area (Å²) >= 11 is 1.94. The van der Waals surface area contributed by atoms with Crippen LogP contribution in [0, 0.1) is 6.07 Å². The van der Waals surface area contributed by atoms with E-state index >= 15 is 0 Å². The van der Waals surface area contributed by atoms with Crippen LogP contribution in [-0.4, -0.2) is 16.3 Å². The monoisotopic (exact) mass is 873 g/mol. The van der Waals surface area contributed by atoms with Crippen molar-refractivity contribution in [2.75, 3.05) is 0 Å². The first kappa shape index (κ1) is 38.9. The number of allylic oxidation sites excluding steroid dienone is 2. The van der Waals surface area contributed by atoms with E-state index < -0.39 is 0 Å². The molecule has 1 radical (unpaired) electrons. The van der Waals surface area contributed by atoms with Gasteiger partial charge in [0.05, 0.1) is 0 Å². The van der Waals surface area contributed by atoms with Crippen molar-refractivity contribution in [3.8, 4) is 11.3 Å². The number of nitrogens with zero attached hydrogens (tertiary/aromatic N) is 2. The Labute approximate surface area is 322 Å². The summed E-state index contributed by atoms with van der Waals surface area (Å²) in [7, 11) is 0. The molecule has 0 bridgehead atoms. The van der Waals surface area contributed by atoms with E-state index in [9.17, 15) is 4.79 Å². The number of hydrogen-bond acceptors (Lipinski definition) is 3. The zero-order valence-corrected chi connectivity index (χ0v) is 35.6. The predicted molar refractivity (Wildman–Crippen MR) is 218 cm³/mol. The topological polar surface area (TPSA) is 44.1 Å². The molecule has 0 amide bonds. The predicted octanol–water partition coefficient (Wildman–Crippen LogP) is 13.5. The van der Waals surface area contributed by atoms with Gasteiger partial charge in [-0.2, -0.15) is 5.70 Å². The van der Waals surface area contributed by atoms with Crippen LogP contribution in [0.2, 0.25) is 0 Å². The minimum atomic E-state index is -0.0873. The molecule has 6 aromatic rings. The number of benzene rings is 4. The van der Waals surface area contributed by atoms with E-state index in [-0.39, 0.29) is 47.7 Å². The molecule has 7 rings (SSSR count). The summed E-state index contributed by atoms with van der Waals surface area (Å²) in [4.78, 5) is 15.5. The van der Waals surface area contributed by atoms with Gasteiger partial charge in [-0.1, -0.05) is 117 Å². The van der Waals surface area contributed by atoms with Crippen molar-refractivity contribution >= 4 is 58.8 Å². The molecule has 0 atom stereocenters.